The van der Waals surface area contributed by atoms with E-state index in [2.05, 4.69) is 20.8 Å². The minimum Gasteiger partial charge on any atom is -0.327 e. The van der Waals surface area contributed by atoms with Crippen LogP contribution < -0.4 is 5.73 Å². The molecule has 0 aliphatic carbocycles. The molecule has 1 nitrogen and oxygen atoms in total. The molecule has 0 aromatic heterocycles. The Morgan fingerprint density at radius 2 is 1.86 bits per heavy atom. The highest BCUT2D eigenvalue weighted by Crippen LogP contribution is 2.23. The molecule has 0 saturated heterocycles. The molecule has 0 bridgehead atoms. The van der Waals surface area contributed by atoms with E-state index in [9.17, 15) is 0 Å². The van der Waals surface area contributed by atoms with Gasteiger partial charge in [0.25, 0.3) is 0 Å². The van der Waals surface area contributed by atoms with Crippen molar-refractivity contribution in [1.29, 1.82) is 0 Å². The van der Waals surface area contributed by atoms with Crippen molar-refractivity contribution in [3.8, 4) is 0 Å². The fourth-order valence-corrected chi connectivity index (χ4v) is 1.42. The molecule has 1 atom stereocenters. The summed E-state index contributed by atoms with van der Waals surface area (Å²) in [5.41, 5.74) is 7.35. The highest BCUT2D eigenvalue weighted by Gasteiger charge is 2.21. The summed E-state index contributed by atoms with van der Waals surface area (Å²) in [6.45, 7) is 6.44. The van der Waals surface area contributed by atoms with E-state index in [1.165, 1.54) is 0 Å². The van der Waals surface area contributed by atoms with Gasteiger partial charge in [-0.05, 0) is 23.5 Å². The highest BCUT2D eigenvalue weighted by atomic mass is 35.5. The number of rotatable bonds is 2. The number of halogens is 1. The van der Waals surface area contributed by atoms with Gasteiger partial charge in [-0.3, -0.25) is 0 Å². The average molecular weight is 212 g/mol. The van der Waals surface area contributed by atoms with Crippen molar-refractivity contribution < 1.29 is 0 Å². The molecule has 1 rings (SSSR count). The lowest BCUT2D eigenvalue weighted by molar-refractivity contribution is 0.318. The molecular formula is C12H18ClN. The lowest BCUT2D eigenvalue weighted by atomic mass is 9.84. The molecule has 2 heteroatoms. The largest absolute Gasteiger partial charge is 0.327 e. The van der Waals surface area contributed by atoms with E-state index >= 15 is 0 Å². The van der Waals surface area contributed by atoms with Crippen molar-refractivity contribution in [2.24, 2.45) is 11.1 Å². The van der Waals surface area contributed by atoms with Crippen LogP contribution in [-0.2, 0) is 6.42 Å². The van der Waals surface area contributed by atoms with Gasteiger partial charge in [0.05, 0.1) is 0 Å². The normalized spacial score (nSPS) is 14.1. The number of hydrogen-bond acceptors (Lipinski definition) is 1. The van der Waals surface area contributed by atoms with Crippen LogP contribution in [0.4, 0.5) is 0 Å². The van der Waals surface area contributed by atoms with Gasteiger partial charge in [-0.2, -0.15) is 0 Å². The maximum absolute atomic E-state index is 6.09. The Kier molecular flexibility index (Phi) is 3.57. The van der Waals surface area contributed by atoms with Gasteiger partial charge in [-0.1, -0.05) is 50.6 Å². The van der Waals surface area contributed by atoms with Crippen molar-refractivity contribution >= 4 is 11.6 Å². The maximum atomic E-state index is 6.09. The molecule has 0 saturated carbocycles. The molecule has 14 heavy (non-hydrogen) atoms. The van der Waals surface area contributed by atoms with Crippen LogP contribution in [0.1, 0.15) is 26.3 Å². The SMILES string of the molecule is CC(C)(C)C(N)Cc1ccccc1Cl. The molecular weight excluding hydrogens is 194 g/mol. The molecule has 0 aliphatic heterocycles. The van der Waals surface area contributed by atoms with Crippen LogP contribution in [0.2, 0.25) is 5.02 Å². The third kappa shape index (κ3) is 3.00. The topological polar surface area (TPSA) is 26.0 Å². The van der Waals surface area contributed by atoms with Crippen molar-refractivity contribution in [3.63, 3.8) is 0 Å². The van der Waals surface area contributed by atoms with E-state index in [0.29, 0.717) is 0 Å². The first-order chi connectivity index (χ1) is 6.41. The summed E-state index contributed by atoms with van der Waals surface area (Å²) in [5.74, 6) is 0. The van der Waals surface area contributed by atoms with Crippen LogP contribution in [0.15, 0.2) is 24.3 Å². The molecule has 78 valence electrons. The fraction of sp³-hybridized carbons (Fsp3) is 0.500. The minimum absolute atomic E-state index is 0.124. The van der Waals surface area contributed by atoms with Crippen molar-refractivity contribution in [1.82, 2.24) is 0 Å². The Hall–Kier alpha value is -0.530. The predicted octanol–water partition coefficient (Wildman–Crippen LogP) is 3.26. The van der Waals surface area contributed by atoms with Gasteiger partial charge in [0, 0.05) is 11.1 Å². The van der Waals surface area contributed by atoms with E-state index in [1.807, 2.05) is 24.3 Å². The summed E-state index contributed by atoms with van der Waals surface area (Å²) < 4.78 is 0. The summed E-state index contributed by atoms with van der Waals surface area (Å²) in [6, 6.07) is 8.02. The van der Waals surface area contributed by atoms with Crippen LogP contribution in [-0.4, -0.2) is 6.04 Å². The van der Waals surface area contributed by atoms with Crippen LogP contribution in [0.5, 0.6) is 0 Å². The number of nitrogens with two attached hydrogens (primary N) is 1. The Morgan fingerprint density at radius 3 is 2.36 bits per heavy atom. The lowest BCUT2D eigenvalue weighted by Crippen LogP contribution is -2.36. The van der Waals surface area contributed by atoms with Crippen LogP contribution in [0.25, 0.3) is 0 Å². The second-order valence-corrected chi connectivity index (χ2v) is 5.18. The average Bonchev–Trinajstić information content (AvgIpc) is 2.07. The van der Waals surface area contributed by atoms with Gasteiger partial charge in [-0.15, -0.1) is 0 Å². The van der Waals surface area contributed by atoms with Gasteiger partial charge >= 0.3 is 0 Å². The summed E-state index contributed by atoms with van der Waals surface area (Å²) in [6.07, 6.45) is 0.836. The van der Waals surface area contributed by atoms with E-state index in [-0.39, 0.29) is 11.5 Å². The molecule has 0 fully saturated rings. The Balaban J connectivity index is 2.75. The quantitative estimate of drug-likeness (QED) is 0.799. The van der Waals surface area contributed by atoms with Crippen LogP contribution in [0.3, 0.4) is 0 Å². The van der Waals surface area contributed by atoms with Gasteiger partial charge < -0.3 is 5.73 Å². The molecule has 1 aromatic rings. The molecule has 0 spiro atoms. The van der Waals surface area contributed by atoms with E-state index < -0.39 is 0 Å². The zero-order chi connectivity index (χ0) is 10.8. The first kappa shape index (κ1) is 11.5. The maximum Gasteiger partial charge on any atom is 0.0438 e. The van der Waals surface area contributed by atoms with Crippen LogP contribution in [0, 0.1) is 5.41 Å². The molecule has 0 amide bonds. The summed E-state index contributed by atoms with van der Waals surface area (Å²) >= 11 is 6.06. The third-order valence-electron chi connectivity index (χ3n) is 2.51. The summed E-state index contributed by atoms with van der Waals surface area (Å²) in [7, 11) is 0. The van der Waals surface area contributed by atoms with Crippen LogP contribution >= 0.6 is 11.6 Å². The number of hydrogen-bond donors (Lipinski definition) is 1. The van der Waals surface area contributed by atoms with Crippen molar-refractivity contribution in [2.45, 2.75) is 33.2 Å². The zero-order valence-corrected chi connectivity index (χ0v) is 9.81. The van der Waals surface area contributed by atoms with Gasteiger partial charge in [0.15, 0.2) is 0 Å². The Bertz CT molecular complexity index is 301. The van der Waals surface area contributed by atoms with Crippen molar-refractivity contribution in [3.05, 3.63) is 34.9 Å². The number of benzene rings is 1. The molecule has 0 heterocycles. The van der Waals surface area contributed by atoms with Gasteiger partial charge in [0.2, 0.25) is 0 Å². The molecule has 2 N–H and O–H groups in total. The third-order valence-corrected chi connectivity index (χ3v) is 2.88. The van der Waals surface area contributed by atoms with E-state index in [4.69, 9.17) is 17.3 Å². The zero-order valence-electron chi connectivity index (χ0n) is 9.05. The fourth-order valence-electron chi connectivity index (χ4n) is 1.21. The molecule has 1 aromatic carbocycles. The standard InChI is InChI=1S/C12H18ClN/c1-12(2,3)11(14)8-9-6-4-5-7-10(9)13/h4-7,11H,8,14H2,1-3H3. The van der Waals surface area contributed by atoms with Crippen molar-refractivity contribution in [2.75, 3.05) is 0 Å². The summed E-state index contributed by atoms with van der Waals surface area (Å²) in [5, 5.41) is 0.812. The van der Waals surface area contributed by atoms with E-state index in [0.717, 1.165) is 17.0 Å². The predicted molar refractivity (Wildman–Crippen MR) is 62.6 cm³/mol. The molecule has 0 radical (unpaired) electrons. The second-order valence-electron chi connectivity index (χ2n) is 4.77. The smallest absolute Gasteiger partial charge is 0.0438 e. The molecule has 0 aliphatic rings. The highest BCUT2D eigenvalue weighted by molar-refractivity contribution is 6.31. The van der Waals surface area contributed by atoms with Gasteiger partial charge in [0.1, 0.15) is 0 Å². The lowest BCUT2D eigenvalue weighted by Gasteiger charge is -2.27. The van der Waals surface area contributed by atoms with E-state index in [1.54, 1.807) is 0 Å². The first-order valence-corrected chi connectivity index (χ1v) is 5.28. The second kappa shape index (κ2) is 4.33. The van der Waals surface area contributed by atoms with Gasteiger partial charge in [-0.25, -0.2) is 0 Å². The summed E-state index contributed by atoms with van der Waals surface area (Å²) in [4.78, 5) is 0. The Labute approximate surface area is 91.3 Å². The molecule has 1 unspecified atom stereocenters. The monoisotopic (exact) mass is 211 g/mol. The Morgan fingerprint density at radius 1 is 1.29 bits per heavy atom. The first-order valence-electron chi connectivity index (χ1n) is 4.90. The minimum atomic E-state index is 0.124.